The number of anilines is 1. The number of sulfonamides is 1. The van der Waals surface area contributed by atoms with E-state index in [9.17, 15) is 18.0 Å². The number of aromatic nitrogens is 1. The molecule has 0 unspecified atom stereocenters. The van der Waals surface area contributed by atoms with Crippen LogP contribution in [0.3, 0.4) is 0 Å². The molecule has 0 aliphatic heterocycles. The van der Waals surface area contributed by atoms with Crippen LogP contribution in [0.25, 0.3) is 21.8 Å². The van der Waals surface area contributed by atoms with Crippen LogP contribution >= 0.6 is 0 Å². The number of hydrogen-bond acceptors (Lipinski definition) is 4. The Morgan fingerprint density at radius 3 is 2.42 bits per heavy atom. The Bertz CT molecular complexity index is 1470. The number of nitrogens with zero attached hydrogens (tertiary/aromatic N) is 1. The number of Topliss-reactive ketones (excluding diaryl/α,β-unsaturated/α-hetero) is 1. The zero-order valence-electron chi connectivity index (χ0n) is 18.5. The number of aryl methyl sites for hydroxylation is 1. The molecule has 1 heterocycles. The zero-order valence-corrected chi connectivity index (χ0v) is 19.3. The maximum Gasteiger partial charge on any atom is 0.240 e. The fourth-order valence-corrected chi connectivity index (χ4v) is 5.04. The maximum absolute atomic E-state index is 12.5. The van der Waals surface area contributed by atoms with Crippen molar-refractivity contribution >= 4 is 49.2 Å². The summed E-state index contributed by atoms with van der Waals surface area (Å²) in [6.45, 7) is 4.25. The number of rotatable bonds is 8. The van der Waals surface area contributed by atoms with Gasteiger partial charge in [0.15, 0.2) is 5.78 Å². The SMILES string of the molecule is CCn1c2ccccc2c2cc(NC(=O)CCNS(=O)(=O)c3cccc(C(C)=O)c3)ccc21. The maximum atomic E-state index is 12.5. The number of para-hydroxylation sites is 1. The Kier molecular flexibility index (Phi) is 6.31. The van der Waals surface area contributed by atoms with Crippen molar-refractivity contribution in [3.05, 3.63) is 72.3 Å². The first-order valence-corrected chi connectivity index (χ1v) is 12.2. The third kappa shape index (κ3) is 4.67. The molecular formula is C25H25N3O4S. The molecule has 0 radical (unpaired) electrons. The van der Waals surface area contributed by atoms with E-state index >= 15 is 0 Å². The van der Waals surface area contributed by atoms with Gasteiger partial charge in [-0.3, -0.25) is 9.59 Å². The highest BCUT2D eigenvalue weighted by molar-refractivity contribution is 7.89. The van der Waals surface area contributed by atoms with Crippen LogP contribution in [0.15, 0.2) is 71.6 Å². The van der Waals surface area contributed by atoms with Gasteiger partial charge in [0.1, 0.15) is 0 Å². The van der Waals surface area contributed by atoms with Crippen LogP contribution in [-0.2, 0) is 21.4 Å². The minimum atomic E-state index is -3.82. The molecular weight excluding hydrogens is 438 g/mol. The zero-order chi connectivity index (χ0) is 23.6. The van der Waals surface area contributed by atoms with Crippen molar-refractivity contribution < 1.29 is 18.0 Å². The Morgan fingerprint density at radius 2 is 1.67 bits per heavy atom. The summed E-state index contributed by atoms with van der Waals surface area (Å²) in [5, 5.41) is 5.02. The van der Waals surface area contributed by atoms with Gasteiger partial charge in [0.05, 0.1) is 4.90 Å². The van der Waals surface area contributed by atoms with E-state index in [4.69, 9.17) is 0 Å². The smallest absolute Gasteiger partial charge is 0.240 e. The predicted molar refractivity (Wildman–Crippen MR) is 130 cm³/mol. The molecule has 0 aliphatic rings. The van der Waals surface area contributed by atoms with Gasteiger partial charge in [-0.05, 0) is 50.2 Å². The molecule has 0 aliphatic carbocycles. The van der Waals surface area contributed by atoms with Gasteiger partial charge in [-0.25, -0.2) is 13.1 Å². The van der Waals surface area contributed by atoms with Gasteiger partial charge in [-0.1, -0.05) is 30.3 Å². The van der Waals surface area contributed by atoms with Crippen LogP contribution in [0, 0.1) is 0 Å². The lowest BCUT2D eigenvalue weighted by Gasteiger charge is -2.09. The summed E-state index contributed by atoms with van der Waals surface area (Å²) in [5.74, 6) is -0.515. The van der Waals surface area contributed by atoms with Crippen molar-refractivity contribution in [2.24, 2.45) is 0 Å². The van der Waals surface area contributed by atoms with E-state index in [1.165, 1.54) is 25.1 Å². The average molecular weight is 464 g/mol. The Labute approximate surface area is 192 Å². The molecule has 170 valence electrons. The van der Waals surface area contributed by atoms with Gasteiger partial charge in [0.2, 0.25) is 15.9 Å². The van der Waals surface area contributed by atoms with Crippen LogP contribution in [0.2, 0.25) is 0 Å². The summed E-state index contributed by atoms with van der Waals surface area (Å²) in [6.07, 6.45) is -0.0274. The van der Waals surface area contributed by atoms with Gasteiger partial charge in [-0.15, -0.1) is 0 Å². The number of hydrogen-bond donors (Lipinski definition) is 2. The number of fused-ring (bicyclic) bond motifs is 3. The third-order valence-electron chi connectivity index (χ3n) is 5.57. The van der Waals surface area contributed by atoms with Gasteiger partial charge in [-0.2, -0.15) is 0 Å². The second kappa shape index (κ2) is 9.17. The lowest BCUT2D eigenvalue weighted by atomic mass is 10.1. The summed E-state index contributed by atoms with van der Waals surface area (Å²) in [7, 11) is -3.82. The lowest BCUT2D eigenvalue weighted by Crippen LogP contribution is -2.28. The fourth-order valence-electron chi connectivity index (χ4n) is 3.96. The molecule has 1 aromatic heterocycles. The molecule has 4 aromatic rings. The van der Waals surface area contributed by atoms with Crippen molar-refractivity contribution in [1.82, 2.24) is 9.29 Å². The fraction of sp³-hybridized carbons (Fsp3) is 0.200. The Hall–Kier alpha value is -3.49. The Morgan fingerprint density at radius 1 is 0.909 bits per heavy atom. The van der Waals surface area contributed by atoms with E-state index in [1.807, 2.05) is 30.3 Å². The first-order chi connectivity index (χ1) is 15.8. The van der Waals surface area contributed by atoms with Crippen molar-refractivity contribution in [1.29, 1.82) is 0 Å². The number of carbonyl (C=O) groups is 2. The number of carbonyl (C=O) groups excluding carboxylic acids is 2. The van der Waals surface area contributed by atoms with Gasteiger partial charge < -0.3 is 9.88 Å². The van der Waals surface area contributed by atoms with Gasteiger partial charge in [0, 0.05) is 52.6 Å². The normalized spacial score (nSPS) is 11.7. The summed E-state index contributed by atoms with van der Waals surface area (Å²) >= 11 is 0. The number of benzene rings is 3. The largest absolute Gasteiger partial charge is 0.341 e. The molecule has 2 N–H and O–H groups in total. The molecule has 3 aromatic carbocycles. The highest BCUT2D eigenvalue weighted by Crippen LogP contribution is 2.31. The van der Waals surface area contributed by atoms with Crippen LogP contribution in [0.1, 0.15) is 30.6 Å². The van der Waals surface area contributed by atoms with E-state index < -0.39 is 10.0 Å². The number of ketones is 1. The van der Waals surface area contributed by atoms with Crippen molar-refractivity contribution in [2.45, 2.75) is 31.7 Å². The average Bonchev–Trinajstić information content (AvgIpc) is 3.12. The second-order valence-electron chi connectivity index (χ2n) is 7.77. The number of amides is 1. The molecule has 0 saturated carbocycles. The van der Waals surface area contributed by atoms with Crippen molar-refractivity contribution in [2.75, 3.05) is 11.9 Å². The minimum absolute atomic E-state index is 0.00614. The predicted octanol–water partition coefficient (Wildman–Crippen LogP) is 4.32. The standard InChI is InChI=1S/C25H25N3O4S/c1-3-28-23-10-5-4-9-21(23)22-16-19(11-12-24(22)28)27-25(30)13-14-26-33(31,32)20-8-6-7-18(15-20)17(2)29/h4-12,15-16,26H,3,13-14H2,1-2H3,(H,27,30). The molecule has 4 rings (SSSR count). The highest BCUT2D eigenvalue weighted by Gasteiger charge is 2.16. The van der Waals surface area contributed by atoms with Crippen molar-refractivity contribution in [3.8, 4) is 0 Å². The van der Waals surface area contributed by atoms with E-state index in [-0.39, 0.29) is 29.6 Å². The number of nitrogens with one attached hydrogen (secondary N) is 2. The summed E-state index contributed by atoms with van der Waals surface area (Å²) < 4.78 is 29.6. The van der Waals surface area contributed by atoms with E-state index in [2.05, 4.69) is 33.7 Å². The summed E-state index contributed by atoms with van der Waals surface area (Å²) in [6, 6.07) is 19.7. The van der Waals surface area contributed by atoms with Gasteiger partial charge in [0.25, 0.3) is 0 Å². The lowest BCUT2D eigenvalue weighted by molar-refractivity contribution is -0.116. The first kappa shape index (κ1) is 22.7. The van der Waals surface area contributed by atoms with E-state index in [1.54, 1.807) is 6.07 Å². The summed E-state index contributed by atoms with van der Waals surface area (Å²) in [5.41, 5.74) is 3.21. The van der Waals surface area contributed by atoms with Crippen LogP contribution in [-0.4, -0.2) is 31.2 Å². The van der Waals surface area contributed by atoms with Crippen LogP contribution in [0.5, 0.6) is 0 Å². The van der Waals surface area contributed by atoms with Crippen LogP contribution < -0.4 is 10.0 Å². The van der Waals surface area contributed by atoms with Gasteiger partial charge >= 0.3 is 0 Å². The monoisotopic (exact) mass is 463 g/mol. The van der Waals surface area contributed by atoms with E-state index in [0.29, 0.717) is 11.3 Å². The quantitative estimate of drug-likeness (QED) is 0.380. The minimum Gasteiger partial charge on any atom is -0.341 e. The van der Waals surface area contributed by atoms with Crippen molar-refractivity contribution in [3.63, 3.8) is 0 Å². The molecule has 0 spiro atoms. The first-order valence-electron chi connectivity index (χ1n) is 10.7. The highest BCUT2D eigenvalue weighted by atomic mass is 32.2. The molecule has 0 atom stereocenters. The third-order valence-corrected chi connectivity index (χ3v) is 7.03. The molecule has 0 bridgehead atoms. The molecule has 7 nitrogen and oxygen atoms in total. The molecule has 1 amide bonds. The van der Waals surface area contributed by atoms with E-state index in [0.717, 1.165) is 28.4 Å². The molecule has 0 saturated heterocycles. The Balaban J connectivity index is 1.43. The molecule has 0 fully saturated rings. The van der Waals surface area contributed by atoms with Crippen LogP contribution in [0.4, 0.5) is 5.69 Å². The topological polar surface area (TPSA) is 97.3 Å². The second-order valence-corrected chi connectivity index (χ2v) is 9.54. The molecule has 33 heavy (non-hydrogen) atoms. The molecule has 8 heteroatoms. The summed E-state index contributed by atoms with van der Waals surface area (Å²) in [4.78, 5) is 23.9.